The van der Waals surface area contributed by atoms with Crippen LogP contribution in [0.2, 0.25) is 0 Å². The first-order valence-corrected chi connectivity index (χ1v) is 15.1. The van der Waals surface area contributed by atoms with E-state index in [0.29, 0.717) is 43.2 Å². The van der Waals surface area contributed by atoms with E-state index in [1.807, 2.05) is 0 Å². The van der Waals surface area contributed by atoms with E-state index in [-0.39, 0.29) is 34.5 Å². The van der Waals surface area contributed by atoms with E-state index in [9.17, 15) is 30.6 Å². The van der Waals surface area contributed by atoms with Crippen molar-refractivity contribution in [3.8, 4) is 68.6 Å². The number of hydrogen-bond acceptors (Lipinski definition) is 14. The zero-order chi connectivity index (χ0) is 38.0. The fourth-order valence-corrected chi connectivity index (χ4v) is 5.32. The number of hydrogen-bond donors (Lipinski definition) is 14. The molecule has 0 amide bonds. The molecule has 0 aliphatic rings. The van der Waals surface area contributed by atoms with E-state index in [1.165, 1.54) is 36.4 Å². The van der Waals surface area contributed by atoms with E-state index in [1.54, 1.807) is 48.5 Å². The molecule has 0 heterocycles. The summed E-state index contributed by atoms with van der Waals surface area (Å²) in [5, 5.41) is 133. The van der Waals surface area contributed by atoms with Gasteiger partial charge in [-0.2, -0.15) is 0 Å². The molecule has 264 valence electrons. The number of rotatable bonds is 3. The second kappa shape index (κ2) is 14.6. The third-order valence-corrected chi connectivity index (χ3v) is 8.04. The van der Waals surface area contributed by atoms with Crippen molar-refractivity contribution in [1.82, 2.24) is 0 Å². The Kier molecular flexibility index (Phi) is 10.3. The van der Waals surface area contributed by atoms with Crippen molar-refractivity contribution in [2.45, 2.75) is 0 Å². The van der Waals surface area contributed by atoms with Gasteiger partial charge in [-0.15, -0.1) is 0 Å². The number of phenols is 10. The van der Waals surface area contributed by atoms with E-state index < -0.39 is 37.2 Å². The fourth-order valence-electron chi connectivity index (χ4n) is 5.32. The molecule has 0 bridgehead atoms. The van der Waals surface area contributed by atoms with Gasteiger partial charge in [0.25, 0.3) is 0 Å². The van der Waals surface area contributed by atoms with E-state index in [2.05, 4.69) is 0 Å². The zero-order valence-electron chi connectivity index (χ0n) is 26.7. The van der Waals surface area contributed by atoms with Gasteiger partial charge < -0.3 is 71.2 Å². The van der Waals surface area contributed by atoms with Crippen LogP contribution in [-0.2, 0) is 0 Å². The first-order valence-electron chi connectivity index (χ1n) is 15.1. The monoisotopic (exact) mass is 708 g/mol. The predicted octanol–water partition coefficient (Wildman–Crippen LogP) is 2.60. The van der Waals surface area contributed by atoms with Gasteiger partial charge in [-0.3, -0.25) is 0 Å². The van der Waals surface area contributed by atoms with Crippen molar-refractivity contribution in [2.24, 2.45) is 0 Å². The van der Waals surface area contributed by atoms with Crippen LogP contribution in [0, 0.1) is 0 Å². The summed E-state index contributed by atoms with van der Waals surface area (Å²) < 4.78 is 0. The molecule has 7 aromatic rings. The topological polar surface area (TPSA) is 283 Å². The Morgan fingerprint density at radius 3 is 0.596 bits per heavy atom. The Balaban J connectivity index is 0.000000164. The lowest BCUT2D eigenvalue weighted by Gasteiger charge is -2.13. The molecule has 0 aromatic heterocycles. The molecular formula is C36H30B2O14. The molecule has 14 nitrogen and oxygen atoms in total. The van der Waals surface area contributed by atoms with Gasteiger partial charge in [0, 0.05) is 12.1 Å². The summed E-state index contributed by atoms with van der Waals surface area (Å²) in [6.07, 6.45) is 0. The maximum absolute atomic E-state index is 9.82. The molecule has 0 spiro atoms. The van der Waals surface area contributed by atoms with Crippen LogP contribution in [-0.4, -0.2) is 85.4 Å². The molecule has 52 heavy (non-hydrogen) atoms. The lowest BCUT2D eigenvalue weighted by atomic mass is 9.78. The van der Waals surface area contributed by atoms with Gasteiger partial charge in [-0.1, -0.05) is 48.5 Å². The molecule has 7 rings (SSSR count). The summed E-state index contributed by atoms with van der Waals surface area (Å²) in [6.45, 7) is 0. The molecular weight excluding hydrogens is 678 g/mol. The summed E-state index contributed by atoms with van der Waals surface area (Å²) in [4.78, 5) is 0. The number of aromatic hydroxyl groups is 10. The second-order valence-corrected chi connectivity index (χ2v) is 11.5. The Hall–Kier alpha value is -6.71. The van der Waals surface area contributed by atoms with Gasteiger partial charge in [-0.25, -0.2) is 0 Å². The SMILES string of the molecule is OB(O)c1ccc(-c2ccc(B(O)O)cc2)cc1.Oc1cc(O)c(O)cc1O.Oc1cc2c3cc(O)c(O)cc3c3cc(O)c(O)cc3c2cc1O. The molecule has 0 unspecified atom stereocenters. The third-order valence-electron chi connectivity index (χ3n) is 8.04. The van der Waals surface area contributed by atoms with Crippen molar-refractivity contribution in [1.29, 1.82) is 0 Å². The van der Waals surface area contributed by atoms with Crippen LogP contribution in [0.3, 0.4) is 0 Å². The first kappa shape index (κ1) is 36.6. The highest BCUT2D eigenvalue weighted by molar-refractivity contribution is 6.59. The maximum Gasteiger partial charge on any atom is 0.488 e. The van der Waals surface area contributed by atoms with Crippen LogP contribution in [0.25, 0.3) is 43.4 Å². The number of fused-ring (bicyclic) bond motifs is 6. The van der Waals surface area contributed by atoms with Gasteiger partial charge >= 0.3 is 14.2 Å². The van der Waals surface area contributed by atoms with Crippen molar-refractivity contribution >= 4 is 57.5 Å². The predicted molar refractivity (Wildman–Crippen MR) is 194 cm³/mol. The molecule has 0 aliphatic heterocycles. The number of benzene rings is 7. The van der Waals surface area contributed by atoms with Crippen LogP contribution in [0.1, 0.15) is 0 Å². The summed E-state index contributed by atoms with van der Waals surface area (Å²) in [7, 11) is -2.93. The van der Waals surface area contributed by atoms with E-state index in [0.717, 1.165) is 23.3 Å². The largest absolute Gasteiger partial charge is 0.504 e. The average Bonchev–Trinajstić information content (AvgIpc) is 3.11. The summed E-state index contributed by atoms with van der Waals surface area (Å²) in [6, 6.07) is 23.4. The summed E-state index contributed by atoms with van der Waals surface area (Å²) in [5.41, 5.74) is 2.69. The standard InChI is InChI=1S/C18H12O6.C12H12B2O4.C6H6O4/c19-13-1-7-8(2-14(13)20)10-4-17(23)18(24)6-12(10)11-5-16(22)15(21)3-9(7)11;15-13(16)11-5-1-9(2-6-11)10-3-7-12(8-4-10)14(17)18;7-3-1-4(8)6(10)2-5(3)9/h1-6,19-24H;1-8,15-18H;1-2,7-10H. The minimum atomic E-state index is -1.47. The smallest absolute Gasteiger partial charge is 0.488 e. The van der Waals surface area contributed by atoms with Crippen molar-refractivity contribution in [3.63, 3.8) is 0 Å². The Morgan fingerprint density at radius 1 is 0.250 bits per heavy atom. The van der Waals surface area contributed by atoms with E-state index in [4.69, 9.17) is 40.5 Å². The maximum atomic E-state index is 9.82. The lowest BCUT2D eigenvalue weighted by molar-refractivity contribution is 0.373. The van der Waals surface area contributed by atoms with Gasteiger partial charge in [0.2, 0.25) is 0 Å². The molecule has 0 saturated heterocycles. The molecule has 0 atom stereocenters. The minimum absolute atomic E-state index is 0.335. The fraction of sp³-hybridized carbons (Fsp3) is 0. The highest BCUT2D eigenvalue weighted by Gasteiger charge is 2.17. The molecule has 0 saturated carbocycles. The highest BCUT2D eigenvalue weighted by atomic mass is 16.4. The quantitative estimate of drug-likeness (QED) is 0.0544. The zero-order valence-corrected chi connectivity index (χ0v) is 26.7. The Morgan fingerprint density at radius 2 is 0.423 bits per heavy atom. The third kappa shape index (κ3) is 7.55. The Labute approximate surface area is 294 Å². The van der Waals surface area contributed by atoms with Crippen molar-refractivity contribution < 1.29 is 71.2 Å². The summed E-state index contributed by atoms with van der Waals surface area (Å²) >= 11 is 0. The van der Waals surface area contributed by atoms with Gasteiger partial charge in [0.15, 0.2) is 57.5 Å². The molecule has 0 radical (unpaired) electrons. The van der Waals surface area contributed by atoms with Crippen molar-refractivity contribution in [2.75, 3.05) is 0 Å². The van der Waals surface area contributed by atoms with Crippen LogP contribution in [0.5, 0.6) is 57.5 Å². The minimum Gasteiger partial charge on any atom is -0.504 e. The van der Waals surface area contributed by atoms with Crippen LogP contribution in [0.15, 0.2) is 97.1 Å². The first-order chi connectivity index (χ1) is 24.5. The Bertz CT molecular complexity index is 2050. The molecule has 0 aliphatic carbocycles. The highest BCUT2D eigenvalue weighted by Crippen LogP contribution is 2.45. The van der Waals surface area contributed by atoms with Crippen LogP contribution < -0.4 is 10.9 Å². The molecule has 0 fully saturated rings. The second-order valence-electron chi connectivity index (χ2n) is 11.5. The van der Waals surface area contributed by atoms with Gasteiger partial charge in [-0.05, 0) is 90.8 Å². The van der Waals surface area contributed by atoms with E-state index >= 15 is 0 Å². The number of phenolic OH excluding ortho intramolecular Hbond substituents is 10. The molecule has 14 N–H and O–H groups in total. The lowest BCUT2D eigenvalue weighted by Crippen LogP contribution is -2.29. The van der Waals surface area contributed by atoms with Gasteiger partial charge in [0.1, 0.15) is 0 Å². The van der Waals surface area contributed by atoms with Crippen molar-refractivity contribution in [3.05, 3.63) is 97.1 Å². The molecule has 16 heteroatoms. The average molecular weight is 708 g/mol. The molecule has 7 aromatic carbocycles. The summed E-state index contributed by atoms with van der Waals surface area (Å²) in [5.74, 6) is -3.86. The normalized spacial score (nSPS) is 10.7. The van der Waals surface area contributed by atoms with Gasteiger partial charge in [0.05, 0.1) is 0 Å². The van der Waals surface area contributed by atoms with Crippen LogP contribution in [0.4, 0.5) is 0 Å². The van der Waals surface area contributed by atoms with Crippen LogP contribution >= 0.6 is 0 Å².